The Hall–Kier alpha value is -2.05. The molecule has 0 aliphatic carbocycles. The van der Waals surface area contributed by atoms with Gasteiger partial charge in [0.2, 0.25) is 0 Å². The molecule has 2 aromatic carbocycles. The second-order valence-corrected chi connectivity index (χ2v) is 8.22. The van der Waals surface area contributed by atoms with Crippen molar-refractivity contribution in [2.75, 3.05) is 0 Å². The van der Waals surface area contributed by atoms with Crippen molar-refractivity contribution in [1.82, 2.24) is 14.8 Å². The summed E-state index contributed by atoms with van der Waals surface area (Å²) in [7, 11) is 1.88. The average Bonchev–Trinajstić information content (AvgIpc) is 3.02. The molecular formula is C21H23ClFN3OS. The maximum atomic E-state index is 13.9. The van der Waals surface area contributed by atoms with Gasteiger partial charge in [0.1, 0.15) is 11.6 Å². The first-order valence-corrected chi connectivity index (χ1v) is 10.4. The van der Waals surface area contributed by atoms with E-state index in [1.54, 1.807) is 12.1 Å². The highest BCUT2D eigenvalue weighted by atomic mass is 35.5. The van der Waals surface area contributed by atoms with Crippen LogP contribution in [0.1, 0.15) is 49.7 Å². The fraction of sp³-hybridized carbons (Fsp3) is 0.333. The fourth-order valence-corrected chi connectivity index (χ4v) is 4.06. The average molecular weight is 420 g/mol. The molecule has 1 aromatic heterocycles. The van der Waals surface area contributed by atoms with Gasteiger partial charge in [0.05, 0.1) is 0 Å². The van der Waals surface area contributed by atoms with Gasteiger partial charge in [0.15, 0.2) is 17.1 Å². The van der Waals surface area contributed by atoms with E-state index in [1.165, 1.54) is 23.4 Å². The molecule has 7 heteroatoms. The molecule has 1 heterocycles. The van der Waals surface area contributed by atoms with Crippen molar-refractivity contribution in [3.63, 3.8) is 0 Å². The van der Waals surface area contributed by atoms with Crippen LogP contribution in [0.25, 0.3) is 0 Å². The molecule has 0 aliphatic heterocycles. The van der Waals surface area contributed by atoms with E-state index in [2.05, 4.69) is 36.2 Å². The van der Waals surface area contributed by atoms with E-state index in [1.807, 2.05) is 30.7 Å². The van der Waals surface area contributed by atoms with Crippen LogP contribution in [-0.2, 0) is 12.8 Å². The summed E-state index contributed by atoms with van der Waals surface area (Å²) in [6.07, 6.45) is -0.270. The third kappa shape index (κ3) is 4.67. The quantitative estimate of drug-likeness (QED) is 0.430. The van der Waals surface area contributed by atoms with Gasteiger partial charge in [0.25, 0.3) is 0 Å². The Balaban J connectivity index is 1.68. The number of nitrogens with zero attached hydrogens (tertiary/aromatic N) is 3. The first-order chi connectivity index (χ1) is 13.4. The van der Waals surface area contributed by atoms with Gasteiger partial charge in [-0.3, -0.25) is 0 Å². The SMILES string of the molecule is CC(C)c1ccc(OC(C)c2nnc(SCc3c(F)cccc3Cl)n2C)cc1. The summed E-state index contributed by atoms with van der Waals surface area (Å²) in [6.45, 7) is 6.25. The lowest BCUT2D eigenvalue weighted by molar-refractivity contribution is 0.211. The Morgan fingerprint density at radius 3 is 2.46 bits per heavy atom. The summed E-state index contributed by atoms with van der Waals surface area (Å²) in [4.78, 5) is 0. The molecule has 4 nitrogen and oxygen atoms in total. The molecular weight excluding hydrogens is 397 g/mol. The molecule has 0 spiro atoms. The highest BCUT2D eigenvalue weighted by Gasteiger charge is 2.18. The van der Waals surface area contributed by atoms with Crippen molar-refractivity contribution >= 4 is 23.4 Å². The lowest BCUT2D eigenvalue weighted by Crippen LogP contribution is -2.10. The molecule has 0 N–H and O–H groups in total. The number of thioether (sulfide) groups is 1. The number of hydrogen-bond acceptors (Lipinski definition) is 4. The Kier molecular flexibility index (Phi) is 6.62. The van der Waals surface area contributed by atoms with Crippen molar-refractivity contribution in [2.45, 2.75) is 43.7 Å². The lowest BCUT2D eigenvalue weighted by Gasteiger charge is -2.15. The molecule has 148 valence electrons. The Labute approximate surface area is 174 Å². The molecule has 0 saturated heterocycles. The van der Waals surface area contributed by atoms with Crippen molar-refractivity contribution in [3.05, 3.63) is 70.3 Å². The summed E-state index contributed by atoms with van der Waals surface area (Å²) < 4.78 is 21.8. The highest BCUT2D eigenvalue weighted by Crippen LogP contribution is 2.29. The molecule has 0 bridgehead atoms. The van der Waals surface area contributed by atoms with Crippen molar-refractivity contribution in [2.24, 2.45) is 7.05 Å². The smallest absolute Gasteiger partial charge is 0.191 e. The lowest BCUT2D eigenvalue weighted by atomic mass is 10.0. The normalized spacial score (nSPS) is 12.4. The topological polar surface area (TPSA) is 39.9 Å². The molecule has 3 aromatic rings. The van der Waals surface area contributed by atoms with E-state index < -0.39 is 0 Å². The van der Waals surface area contributed by atoms with Gasteiger partial charge in [-0.25, -0.2) is 4.39 Å². The molecule has 0 fully saturated rings. The number of rotatable bonds is 7. The number of benzene rings is 2. The zero-order chi connectivity index (χ0) is 20.3. The fourth-order valence-electron chi connectivity index (χ4n) is 2.80. The standard InChI is InChI=1S/C21H23ClFN3OS/c1-13(2)15-8-10-16(11-9-15)27-14(3)20-24-25-21(26(20)4)28-12-17-18(22)6-5-7-19(17)23/h5-11,13-14H,12H2,1-4H3. The molecule has 0 radical (unpaired) electrons. The van der Waals surface area contributed by atoms with E-state index in [0.29, 0.717) is 33.2 Å². The first-order valence-electron chi connectivity index (χ1n) is 9.08. The summed E-state index contributed by atoms with van der Waals surface area (Å²) in [5.74, 6) is 2.03. The maximum absolute atomic E-state index is 13.9. The number of ether oxygens (including phenoxy) is 1. The van der Waals surface area contributed by atoms with Crippen molar-refractivity contribution in [1.29, 1.82) is 0 Å². The van der Waals surface area contributed by atoms with Crippen LogP contribution >= 0.6 is 23.4 Å². The van der Waals surface area contributed by atoms with Crippen LogP contribution in [0.2, 0.25) is 5.02 Å². The Morgan fingerprint density at radius 1 is 1.11 bits per heavy atom. The molecule has 0 aliphatic rings. The van der Waals surface area contributed by atoms with E-state index in [9.17, 15) is 4.39 Å². The zero-order valence-electron chi connectivity index (χ0n) is 16.3. The van der Waals surface area contributed by atoms with E-state index >= 15 is 0 Å². The maximum Gasteiger partial charge on any atom is 0.191 e. The summed E-state index contributed by atoms with van der Waals surface area (Å²) in [6, 6.07) is 12.8. The minimum absolute atomic E-state index is 0.270. The van der Waals surface area contributed by atoms with Crippen LogP contribution in [0.5, 0.6) is 5.75 Å². The molecule has 0 saturated carbocycles. The van der Waals surface area contributed by atoms with Crippen LogP contribution in [0, 0.1) is 5.82 Å². The number of halogens is 2. The summed E-state index contributed by atoms with van der Waals surface area (Å²) in [5, 5.41) is 9.57. The van der Waals surface area contributed by atoms with Crippen molar-refractivity contribution in [3.8, 4) is 5.75 Å². The van der Waals surface area contributed by atoms with Gasteiger partial charge in [-0.1, -0.05) is 55.4 Å². The molecule has 3 rings (SSSR count). The Morgan fingerprint density at radius 2 is 1.82 bits per heavy atom. The van der Waals surface area contributed by atoms with Gasteiger partial charge in [-0.05, 0) is 42.7 Å². The van der Waals surface area contributed by atoms with Gasteiger partial charge in [0, 0.05) is 23.4 Å². The highest BCUT2D eigenvalue weighted by molar-refractivity contribution is 7.98. The second kappa shape index (κ2) is 8.97. The van der Waals surface area contributed by atoms with Crippen LogP contribution in [0.3, 0.4) is 0 Å². The summed E-state index contributed by atoms with van der Waals surface area (Å²) in [5.41, 5.74) is 1.73. The molecule has 1 unspecified atom stereocenters. The molecule has 28 heavy (non-hydrogen) atoms. The first kappa shape index (κ1) is 20.7. The minimum atomic E-state index is -0.316. The molecule has 0 amide bonds. The molecule has 1 atom stereocenters. The van der Waals surface area contributed by atoms with Crippen LogP contribution < -0.4 is 4.74 Å². The van der Waals surface area contributed by atoms with Crippen LogP contribution in [-0.4, -0.2) is 14.8 Å². The predicted octanol–water partition coefficient (Wildman–Crippen LogP) is 6.16. The van der Waals surface area contributed by atoms with Gasteiger partial charge >= 0.3 is 0 Å². The van der Waals surface area contributed by atoms with Gasteiger partial charge in [-0.2, -0.15) is 0 Å². The largest absolute Gasteiger partial charge is 0.483 e. The minimum Gasteiger partial charge on any atom is -0.483 e. The second-order valence-electron chi connectivity index (χ2n) is 6.87. The van der Waals surface area contributed by atoms with Crippen LogP contribution in [0.15, 0.2) is 47.6 Å². The van der Waals surface area contributed by atoms with E-state index in [0.717, 1.165) is 5.75 Å². The Bertz CT molecular complexity index is 923. The van der Waals surface area contributed by atoms with E-state index in [-0.39, 0.29) is 11.9 Å². The number of aromatic nitrogens is 3. The third-order valence-electron chi connectivity index (χ3n) is 4.50. The van der Waals surface area contributed by atoms with E-state index in [4.69, 9.17) is 16.3 Å². The number of hydrogen-bond donors (Lipinski definition) is 0. The third-order valence-corrected chi connectivity index (χ3v) is 5.90. The van der Waals surface area contributed by atoms with Gasteiger partial charge in [-0.15, -0.1) is 10.2 Å². The summed E-state index contributed by atoms with van der Waals surface area (Å²) >= 11 is 7.48. The monoisotopic (exact) mass is 419 g/mol. The predicted molar refractivity (Wildman–Crippen MR) is 112 cm³/mol. The zero-order valence-corrected chi connectivity index (χ0v) is 17.9. The van der Waals surface area contributed by atoms with Crippen LogP contribution in [0.4, 0.5) is 4.39 Å². The van der Waals surface area contributed by atoms with Crippen molar-refractivity contribution < 1.29 is 9.13 Å². The van der Waals surface area contributed by atoms with Gasteiger partial charge < -0.3 is 9.30 Å².